The van der Waals surface area contributed by atoms with Gasteiger partial charge in [0.15, 0.2) is 0 Å². The highest BCUT2D eigenvalue weighted by molar-refractivity contribution is 9.10. The molecule has 1 unspecified atom stereocenters. The highest BCUT2D eigenvalue weighted by Gasteiger charge is 2.47. The Morgan fingerprint density at radius 2 is 1.73 bits per heavy atom. The molecule has 1 heterocycles. The number of aliphatic hydroxyl groups excluding tert-OH is 1. The molecule has 0 spiro atoms. The van der Waals surface area contributed by atoms with Crippen LogP contribution in [-0.2, 0) is 16.0 Å². The summed E-state index contributed by atoms with van der Waals surface area (Å²) in [5.41, 5.74) is 2.37. The molecule has 0 bridgehead atoms. The van der Waals surface area contributed by atoms with E-state index in [1.807, 2.05) is 19.1 Å². The summed E-state index contributed by atoms with van der Waals surface area (Å²) in [5, 5.41) is 11.2. The lowest BCUT2D eigenvalue weighted by molar-refractivity contribution is -0.132. The summed E-state index contributed by atoms with van der Waals surface area (Å²) in [7, 11) is 1.52. The van der Waals surface area contributed by atoms with Gasteiger partial charge in [0.1, 0.15) is 17.3 Å². The van der Waals surface area contributed by atoms with Gasteiger partial charge in [0.2, 0.25) is 0 Å². The van der Waals surface area contributed by atoms with Crippen molar-refractivity contribution in [2.24, 2.45) is 0 Å². The Bertz CT molecular complexity index is 1250. The molecule has 5 nitrogen and oxygen atoms in total. The van der Waals surface area contributed by atoms with Gasteiger partial charge < -0.3 is 9.84 Å². The molecule has 0 aliphatic carbocycles. The summed E-state index contributed by atoms with van der Waals surface area (Å²) in [4.78, 5) is 27.7. The fraction of sp³-hybridized carbons (Fsp3) is 0.154. The van der Waals surface area contributed by atoms with Crippen LogP contribution in [0.15, 0.2) is 76.8 Å². The van der Waals surface area contributed by atoms with Crippen molar-refractivity contribution in [3.63, 3.8) is 0 Å². The first kappa shape index (κ1) is 22.7. The van der Waals surface area contributed by atoms with Gasteiger partial charge in [-0.1, -0.05) is 31.2 Å². The van der Waals surface area contributed by atoms with Crippen molar-refractivity contribution < 1.29 is 23.8 Å². The van der Waals surface area contributed by atoms with Crippen LogP contribution in [0.25, 0.3) is 5.76 Å². The predicted molar refractivity (Wildman–Crippen MR) is 128 cm³/mol. The van der Waals surface area contributed by atoms with Gasteiger partial charge in [0, 0.05) is 11.3 Å². The summed E-state index contributed by atoms with van der Waals surface area (Å²) in [6.07, 6.45) is 0.826. The van der Waals surface area contributed by atoms with E-state index >= 15 is 0 Å². The fourth-order valence-corrected chi connectivity index (χ4v) is 4.46. The van der Waals surface area contributed by atoms with Gasteiger partial charge in [-0.05, 0) is 75.9 Å². The molecule has 3 aromatic rings. The first-order valence-corrected chi connectivity index (χ1v) is 11.1. The monoisotopic (exact) mass is 509 g/mol. The molecular formula is C26H21BrFNO4. The van der Waals surface area contributed by atoms with E-state index in [1.54, 1.807) is 30.3 Å². The van der Waals surface area contributed by atoms with Gasteiger partial charge in [-0.25, -0.2) is 4.39 Å². The number of hydrogen-bond acceptors (Lipinski definition) is 4. The molecule has 1 aliphatic heterocycles. The van der Waals surface area contributed by atoms with Crippen molar-refractivity contribution in [1.29, 1.82) is 0 Å². The minimum Gasteiger partial charge on any atom is -0.507 e. The normalized spacial score (nSPS) is 17.5. The van der Waals surface area contributed by atoms with Crippen molar-refractivity contribution in [2.45, 2.75) is 19.4 Å². The standard InChI is InChI=1S/C26H21BrFNO4/c1-3-15-4-11-19(12-5-15)29-23(16-6-9-18(28)10-7-16)22(25(31)26(29)32)24(30)17-8-13-21(33-2)20(27)14-17/h4-14,23,30H,3H2,1-2H3/b24-22-. The molecule has 168 valence electrons. The summed E-state index contributed by atoms with van der Waals surface area (Å²) in [6, 6.07) is 16.8. The van der Waals surface area contributed by atoms with E-state index < -0.39 is 23.5 Å². The van der Waals surface area contributed by atoms with E-state index in [4.69, 9.17) is 4.74 Å². The van der Waals surface area contributed by atoms with E-state index in [0.717, 1.165) is 12.0 Å². The van der Waals surface area contributed by atoms with Gasteiger partial charge >= 0.3 is 0 Å². The Morgan fingerprint density at radius 3 is 2.30 bits per heavy atom. The molecule has 1 amide bonds. The number of Topliss-reactive ketones (excluding diaryl/α,β-unsaturated/α-hetero) is 1. The third-order valence-electron chi connectivity index (χ3n) is 5.68. The molecule has 7 heteroatoms. The number of methoxy groups -OCH3 is 1. The van der Waals surface area contributed by atoms with Crippen LogP contribution in [0, 0.1) is 5.82 Å². The highest BCUT2D eigenvalue weighted by Crippen LogP contribution is 2.42. The van der Waals surface area contributed by atoms with E-state index in [-0.39, 0.29) is 11.3 Å². The Balaban J connectivity index is 1.91. The third kappa shape index (κ3) is 4.16. The maximum absolute atomic E-state index is 13.6. The second kappa shape index (κ2) is 9.19. The van der Waals surface area contributed by atoms with Gasteiger partial charge in [-0.2, -0.15) is 0 Å². The van der Waals surface area contributed by atoms with Crippen LogP contribution in [0.4, 0.5) is 10.1 Å². The Morgan fingerprint density at radius 1 is 1.06 bits per heavy atom. The molecule has 1 N–H and O–H groups in total. The number of aliphatic hydroxyl groups is 1. The average Bonchev–Trinajstić information content (AvgIpc) is 3.09. The number of ketones is 1. The van der Waals surface area contributed by atoms with Gasteiger partial charge in [-0.3, -0.25) is 14.5 Å². The van der Waals surface area contributed by atoms with Crippen LogP contribution >= 0.6 is 15.9 Å². The molecule has 4 rings (SSSR count). The van der Waals surface area contributed by atoms with Crippen molar-refractivity contribution in [3.8, 4) is 5.75 Å². The Kier molecular flexibility index (Phi) is 6.33. The Hall–Kier alpha value is -3.45. The number of anilines is 1. The highest BCUT2D eigenvalue weighted by atomic mass is 79.9. The van der Waals surface area contributed by atoms with Crippen molar-refractivity contribution in [2.75, 3.05) is 12.0 Å². The molecule has 1 fully saturated rings. The number of ether oxygens (including phenoxy) is 1. The number of carbonyl (C=O) groups is 2. The first-order valence-electron chi connectivity index (χ1n) is 10.3. The quantitative estimate of drug-likeness (QED) is 0.268. The minimum atomic E-state index is -0.918. The lowest BCUT2D eigenvalue weighted by atomic mass is 9.95. The number of halogens is 2. The van der Waals surface area contributed by atoms with Gasteiger partial charge in [0.25, 0.3) is 11.7 Å². The lowest BCUT2D eigenvalue weighted by Gasteiger charge is -2.25. The van der Waals surface area contributed by atoms with E-state index in [0.29, 0.717) is 27.0 Å². The number of nitrogens with zero attached hydrogens (tertiary/aromatic N) is 1. The van der Waals surface area contributed by atoms with Crippen LogP contribution in [0.5, 0.6) is 5.75 Å². The van der Waals surface area contributed by atoms with Crippen molar-refractivity contribution in [3.05, 3.63) is 99.3 Å². The zero-order valence-corrected chi connectivity index (χ0v) is 19.6. The number of benzene rings is 3. The maximum Gasteiger partial charge on any atom is 0.300 e. The average molecular weight is 510 g/mol. The number of hydrogen-bond donors (Lipinski definition) is 1. The largest absolute Gasteiger partial charge is 0.507 e. The zero-order valence-electron chi connectivity index (χ0n) is 18.0. The molecule has 1 saturated heterocycles. The van der Waals surface area contributed by atoms with Crippen LogP contribution in [-0.4, -0.2) is 23.9 Å². The van der Waals surface area contributed by atoms with Crippen molar-refractivity contribution in [1.82, 2.24) is 0 Å². The predicted octanol–water partition coefficient (Wildman–Crippen LogP) is 5.79. The topological polar surface area (TPSA) is 66.8 Å². The summed E-state index contributed by atoms with van der Waals surface area (Å²) in [6.45, 7) is 2.02. The number of rotatable bonds is 5. The second-order valence-electron chi connectivity index (χ2n) is 7.59. The first-order chi connectivity index (χ1) is 15.8. The molecule has 0 aromatic heterocycles. The molecule has 1 atom stereocenters. The smallest absolute Gasteiger partial charge is 0.300 e. The molecule has 0 radical (unpaired) electrons. The molecular weight excluding hydrogens is 489 g/mol. The zero-order chi connectivity index (χ0) is 23.7. The van der Waals surface area contributed by atoms with E-state index in [1.165, 1.54) is 36.3 Å². The van der Waals surface area contributed by atoms with Gasteiger partial charge in [-0.15, -0.1) is 0 Å². The summed E-state index contributed by atoms with van der Waals surface area (Å²) < 4.78 is 19.5. The van der Waals surface area contributed by atoms with E-state index in [2.05, 4.69) is 15.9 Å². The summed E-state index contributed by atoms with van der Waals surface area (Å²) >= 11 is 3.38. The summed E-state index contributed by atoms with van der Waals surface area (Å²) in [5.74, 6) is -1.78. The molecule has 1 aliphatic rings. The third-order valence-corrected chi connectivity index (χ3v) is 6.30. The van der Waals surface area contributed by atoms with Crippen LogP contribution in [0.3, 0.4) is 0 Å². The second-order valence-corrected chi connectivity index (χ2v) is 8.44. The fourth-order valence-electron chi connectivity index (χ4n) is 3.92. The molecule has 33 heavy (non-hydrogen) atoms. The van der Waals surface area contributed by atoms with E-state index in [9.17, 15) is 19.1 Å². The SMILES string of the molecule is CCc1ccc(N2C(=O)C(=O)/C(=C(\O)c3ccc(OC)c(Br)c3)C2c2ccc(F)cc2)cc1. The minimum absolute atomic E-state index is 0.0664. The lowest BCUT2D eigenvalue weighted by Crippen LogP contribution is -2.29. The Labute approximate surface area is 199 Å². The number of amides is 1. The van der Waals surface area contributed by atoms with Crippen LogP contribution in [0.2, 0.25) is 0 Å². The van der Waals surface area contributed by atoms with Crippen LogP contribution in [0.1, 0.15) is 29.7 Å². The molecule has 3 aromatic carbocycles. The number of carbonyl (C=O) groups excluding carboxylic acids is 2. The van der Waals surface area contributed by atoms with Crippen LogP contribution < -0.4 is 9.64 Å². The molecule has 0 saturated carbocycles. The maximum atomic E-state index is 13.6. The van der Waals surface area contributed by atoms with Crippen molar-refractivity contribution >= 4 is 39.1 Å². The number of aryl methyl sites for hydroxylation is 1. The van der Waals surface area contributed by atoms with Gasteiger partial charge in [0.05, 0.1) is 23.2 Å².